The molecule has 3 aliphatic carbocycles. The van der Waals surface area contributed by atoms with Crippen LogP contribution in [0, 0.1) is 35.5 Å². The van der Waals surface area contributed by atoms with Crippen LogP contribution in [0.5, 0.6) is 0 Å². The molecule has 6 rings (SSSR count). The van der Waals surface area contributed by atoms with E-state index in [1.54, 1.807) is 25.2 Å². The van der Waals surface area contributed by atoms with Crippen LogP contribution in [-0.4, -0.2) is 58.3 Å². The summed E-state index contributed by atoms with van der Waals surface area (Å²) in [6, 6.07) is 3.76. The lowest BCUT2D eigenvalue weighted by atomic mass is 9.49. The molecule has 2 heterocycles. The Labute approximate surface area is 245 Å². The van der Waals surface area contributed by atoms with Gasteiger partial charge in [-0.3, -0.25) is 24.8 Å². The maximum absolute atomic E-state index is 13.2. The van der Waals surface area contributed by atoms with E-state index in [4.69, 9.17) is 21.2 Å². The lowest BCUT2D eigenvalue weighted by molar-refractivity contribution is -0.224. The number of benzene rings is 1. The highest BCUT2D eigenvalue weighted by Crippen LogP contribution is 2.61. The number of nitrogens with one attached hydrogen (secondary N) is 1. The Balaban J connectivity index is 1.60. The zero-order chi connectivity index (χ0) is 29.6. The van der Waals surface area contributed by atoms with Crippen molar-refractivity contribution in [3.63, 3.8) is 0 Å². The van der Waals surface area contributed by atoms with Gasteiger partial charge in [-0.2, -0.15) is 0 Å². The van der Waals surface area contributed by atoms with Crippen molar-refractivity contribution in [2.45, 2.75) is 76.0 Å². The number of esters is 1. The molecule has 0 amide bonds. The van der Waals surface area contributed by atoms with Crippen LogP contribution in [0.3, 0.4) is 0 Å². The standard InChI is InChI=1S/C31H39ClN2O7/c1-14(2)18-12-9-16(4)30(38)20(18)13-15(3)26(40-28(37)17-10-11-17)23(30)22-24(27(35)36)33-29-31(22,39)19-7-6-8-21(32)25(19)34(5)41-29/h6-8,13,16-18,20,22-24,26,29,33,38-39H,1,9-12H2,2-5H3,(H,35,36)/t16-,18+,20+,22+,23?,24+,26?,29-,30-,31+/m1/s1. The summed E-state index contributed by atoms with van der Waals surface area (Å²) >= 11 is 6.59. The highest BCUT2D eigenvalue weighted by atomic mass is 35.5. The number of carboxylic acid groups (broad SMARTS) is 1. The minimum atomic E-state index is -1.93. The van der Waals surface area contributed by atoms with Gasteiger partial charge in [-0.1, -0.05) is 48.9 Å². The molecule has 1 saturated heterocycles. The fourth-order valence-electron chi connectivity index (χ4n) is 8.26. The molecule has 222 valence electrons. The minimum Gasteiger partial charge on any atom is -0.480 e. The highest BCUT2D eigenvalue weighted by Gasteiger charge is 2.71. The summed E-state index contributed by atoms with van der Waals surface area (Å²) in [6.45, 7) is 9.99. The molecule has 0 spiro atoms. The van der Waals surface area contributed by atoms with E-state index in [9.17, 15) is 24.9 Å². The van der Waals surface area contributed by atoms with Crippen LogP contribution in [0.15, 0.2) is 42.0 Å². The lowest BCUT2D eigenvalue weighted by Crippen LogP contribution is -2.67. The third-order valence-corrected chi connectivity index (χ3v) is 10.8. The number of hydrogen-bond acceptors (Lipinski definition) is 8. The topological polar surface area (TPSA) is 129 Å². The van der Waals surface area contributed by atoms with Crippen molar-refractivity contribution in [3.8, 4) is 0 Å². The maximum atomic E-state index is 13.2. The predicted octanol–water partition coefficient (Wildman–Crippen LogP) is 3.78. The molecular formula is C31H39ClN2O7. The average molecular weight is 587 g/mol. The third-order valence-electron chi connectivity index (χ3n) is 10.5. The number of aliphatic carboxylic acids is 1. The molecule has 1 aromatic rings. The smallest absolute Gasteiger partial charge is 0.321 e. The van der Waals surface area contributed by atoms with Gasteiger partial charge in [0.25, 0.3) is 0 Å². The molecule has 2 aliphatic heterocycles. The number of carboxylic acids is 1. The summed E-state index contributed by atoms with van der Waals surface area (Å²) in [5, 5.41) is 41.2. The van der Waals surface area contributed by atoms with E-state index >= 15 is 0 Å². The van der Waals surface area contributed by atoms with Crippen LogP contribution in [0.4, 0.5) is 5.69 Å². The van der Waals surface area contributed by atoms with Gasteiger partial charge in [-0.05, 0) is 63.0 Å². The summed E-state index contributed by atoms with van der Waals surface area (Å²) in [7, 11) is 1.65. The normalized spacial score (nSPS) is 41.5. The molecule has 0 aromatic heterocycles. The Morgan fingerprint density at radius 1 is 1.20 bits per heavy atom. The van der Waals surface area contributed by atoms with Crippen molar-refractivity contribution in [1.29, 1.82) is 0 Å². The number of para-hydroxylation sites is 1. The number of nitrogens with zero attached hydrogens (tertiary/aromatic N) is 1. The molecule has 5 aliphatic rings. The average Bonchev–Trinajstić information content (AvgIpc) is 3.71. The first-order valence-electron chi connectivity index (χ1n) is 14.5. The van der Waals surface area contributed by atoms with Gasteiger partial charge >= 0.3 is 11.9 Å². The minimum absolute atomic E-state index is 0.0627. The molecule has 10 atom stereocenters. The molecule has 3 fully saturated rings. The van der Waals surface area contributed by atoms with Crippen molar-refractivity contribution in [3.05, 3.63) is 52.6 Å². The number of hydroxylamine groups is 1. The third kappa shape index (κ3) is 4.11. The van der Waals surface area contributed by atoms with Crippen molar-refractivity contribution < 1.29 is 34.5 Å². The lowest BCUT2D eigenvalue weighted by Gasteiger charge is -2.59. The summed E-state index contributed by atoms with van der Waals surface area (Å²) in [5.41, 5.74) is -0.992. The van der Waals surface area contributed by atoms with Gasteiger partial charge in [-0.15, -0.1) is 0 Å². The zero-order valence-electron chi connectivity index (χ0n) is 23.8. The number of ether oxygens (including phenoxy) is 1. The van der Waals surface area contributed by atoms with Crippen LogP contribution in [0.25, 0.3) is 0 Å². The Hall–Kier alpha value is -2.43. The van der Waals surface area contributed by atoms with Crippen LogP contribution in [-0.2, 0) is 24.8 Å². The molecule has 10 heteroatoms. The predicted molar refractivity (Wildman–Crippen MR) is 152 cm³/mol. The van der Waals surface area contributed by atoms with Gasteiger partial charge in [0.1, 0.15) is 17.7 Å². The second kappa shape index (κ2) is 9.81. The fraction of sp³-hybridized carbons (Fsp3) is 0.613. The van der Waals surface area contributed by atoms with Gasteiger partial charge in [0.2, 0.25) is 0 Å². The number of fused-ring (bicyclic) bond motifs is 4. The number of carbonyl (C=O) groups excluding carboxylic acids is 1. The Morgan fingerprint density at radius 3 is 2.54 bits per heavy atom. The first-order chi connectivity index (χ1) is 19.3. The van der Waals surface area contributed by atoms with Crippen molar-refractivity contribution in [2.24, 2.45) is 35.5 Å². The van der Waals surface area contributed by atoms with E-state index < -0.39 is 53.3 Å². The first-order valence-corrected chi connectivity index (χ1v) is 14.9. The molecule has 4 N–H and O–H groups in total. The van der Waals surface area contributed by atoms with Gasteiger partial charge in [0.05, 0.1) is 22.2 Å². The van der Waals surface area contributed by atoms with Gasteiger partial charge < -0.3 is 20.1 Å². The van der Waals surface area contributed by atoms with Crippen LogP contribution in [0.1, 0.15) is 52.0 Å². The van der Waals surface area contributed by atoms with Gasteiger partial charge in [0, 0.05) is 30.4 Å². The Kier molecular flexibility index (Phi) is 6.86. The molecule has 41 heavy (non-hydrogen) atoms. The largest absolute Gasteiger partial charge is 0.480 e. The maximum Gasteiger partial charge on any atom is 0.321 e. The van der Waals surface area contributed by atoms with E-state index in [1.165, 1.54) is 5.06 Å². The van der Waals surface area contributed by atoms with Crippen molar-refractivity contribution in [2.75, 3.05) is 12.1 Å². The van der Waals surface area contributed by atoms with E-state index in [1.807, 2.05) is 26.8 Å². The van der Waals surface area contributed by atoms with Gasteiger partial charge in [-0.25, -0.2) is 0 Å². The van der Waals surface area contributed by atoms with E-state index in [0.717, 1.165) is 30.4 Å². The summed E-state index contributed by atoms with van der Waals surface area (Å²) < 4.78 is 6.20. The molecule has 0 radical (unpaired) electrons. The van der Waals surface area contributed by atoms with Crippen molar-refractivity contribution >= 4 is 29.2 Å². The molecule has 0 bridgehead atoms. The Bertz CT molecular complexity index is 1330. The molecule has 1 aromatic carbocycles. The SMILES string of the molecule is C=C(C)[C@@H]1CC[C@@H](C)[C@]2(O)C([C@H]3[C@@H](C(=O)O)N[C@@H]4ON(C)c5c(Cl)cccc5[C@@]43O)C(OC(=O)C3CC3)C(C)=C[C@@H]12. The first kappa shape index (κ1) is 28.7. The Morgan fingerprint density at radius 2 is 1.90 bits per heavy atom. The molecule has 2 unspecified atom stereocenters. The van der Waals surface area contributed by atoms with Crippen molar-refractivity contribution in [1.82, 2.24) is 5.32 Å². The quantitative estimate of drug-likeness (QED) is 0.301. The van der Waals surface area contributed by atoms with Crippen LogP contribution in [0.2, 0.25) is 5.02 Å². The summed E-state index contributed by atoms with van der Waals surface area (Å²) in [5.74, 6) is -4.67. The van der Waals surface area contributed by atoms with E-state index in [0.29, 0.717) is 22.7 Å². The summed E-state index contributed by atoms with van der Waals surface area (Å²) in [6.07, 6.45) is 2.84. The number of allylic oxidation sites excluding steroid dienone is 1. The number of hydrogen-bond donors (Lipinski definition) is 4. The number of anilines is 1. The number of aliphatic hydroxyl groups is 2. The summed E-state index contributed by atoms with van der Waals surface area (Å²) in [4.78, 5) is 32.2. The fourth-order valence-corrected chi connectivity index (χ4v) is 8.55. The second-order valence-corrected chi connectivity index (χ2v) is 13.3. The molecular weight excluding hydrogens is 548 g/mol. The van der Waals surface area contributed by atoms with E-state index in [2.05, 4.69) is 11.9 Å². The number of halogens is 1. The monoisotopic (exact) mass is 586 g/mol. The highest BCUT2D eigenvalue weighted by molar-refractivity contribution is 6.33. The van der Waals surface area contributed by atoms with E-state index in [-0.39, 0.29) is 23.7 Å². The zero-order valence-corrected chi connectivity index (χ0v) is 24.6. The molecule has 9 nitrogen and oxygen atoms in total. The van der Waals surface area contributed by atoms with Crippen LogP contribution < -0.4 is 10.4 Å². The molecule has 2 saturated carbocycles. The number of carbonyl (C=O) groups is 2. The second-order valence-electron chi connectivity index (χ2n) is 12.9. The number of rotatable bonds is 5. The van der Waals surface area contributed by atoms with Gasteiger partial charge in [0.15, 0.2) is 6.23 Å². The van der Waals surface area contributed by atoms with Crippen LogP contribution >= 0.6 is 11.6 Å².